The number of rotatable bonds is 2. The molecular weight excluding hydrogens is 288 g/mol. The number of carbonyl (C=O) groups excluding carboxylic acids is 1. The molecule has 0 unspecified atom stereocenters. The highest BCUT2D eigenvalue weighted by Gasteiger charge is 2.35. The van der Waals surface area contributed by atoms with Crippen LogP contribution in [0, 0.1) is 6.92 Å². The molecule has 0 spiro atoms. The predicted octanol–water partition coefficient (Wildman–Crippen LogP) is 0.804. The van der Waals surface area contributed by atoms with Gasteiger partial charge in [-0.1, -0.05) is 42.5 Å². The van der Waals surface area contributed by atoms with Crippen molar-refractivity contribution in [2.24, 2.45) is 0 Å². The molecule has 1 aliphatic rings. The van der Waals surface area contributed by atoms with Crippen LogP contribution in [-0.2, 0) is 11.2 Å². The van der Waals surface area contributed by atoms with E-state index in [0.29, 0.717) is 6.42 Å². The number of carbonyl (C=O) groups is 1. The Morgan fingerprint density at radius 2 is 1.91 bits per heavy atom. The number of aromatic amines is 1. The van der Waals surface area contributed by atoms with Gasteiger partial charge in [-0.05, 0) is 24.1 Å². The van der Waals surface area contributed by atoms with Crippen molar-refractivity contribution >= 4 is 16.9 Å². The minimum absolute atomic E-state index is 0.0461. The third kappa shape index (κ3) is 2.23. The van der Waals surface area contributed by atoms with Crippen LogP contribution in [0.3, 0.4) is 0 Å². The van der Waals surface area contributed by atoms with Crippen molar-refractivity contribution in [2.75, 3.05) is 0 Å². The van der Waals surface area contributed by atoms with E-state index >= 15 is 0 Å². The van der Waals surface area contributed by atoms with Crippen molar-refractivity contribution in [1.29, 1.82) is 0 Å². The van der Waals surface area contributed by atoms with E-state index < -0.39 is 12.0 Å². The van der Waals surface area contributed by atoms with Gasteiger partial charge in [-0.25, -0.2) is 0 Å². The average molecular weight is 306 g/mol. The first-order chi connectivity index (χ1) is 11.1. The van der Waals surface area contributed by atoms with Gasteiger partial charge in [-0.3, -0.25) is 0 Å². The van der Waals surface area contributed by atoms with Crippen LogP contribution >= 0.6 is 0 Å². The molecule has 4 rings (SSSR count). The number of hydrogen-bond donors (Lipinski definition) is 2. The fourth-order valence-electron chi connectivity index (χ4n) is 3.68. The summed E-state index contributed by atoms with van der Waals surface area (Å²) >= 11 is 0. The van der Waals surface area contributed by atoms with Gasteiger partial charge in [0, 0.05) is 22.9 Å². The van der Waals surface area contributed by atoms with Crippen LogP contribution in [0.2, 0.25) is 0 Å². The Morgan fingerprint density at radius 3 is 2.70 bits per heavy atom. The molecule has 1 aliphatic heterocycles. The molecule has 3 aromatic rings. The van der Waals surface area contributed by atoms with Gasteiger partial charge < -0.3 is 20.2 Å². The number of nitrogens with two attached hydrogens (primary N) is 1. The Balaban J connectivity index is 1.93. The molecule has 116 valence electrons. The van der Waals surface area contributed by atoms with Gasteiger partial charge in [0.1, 0.15) is 6.04 Å². The third-order valence-electron chi connectivity index (χ3n) is 4.83. The van der Waals surface area contributed by atoms with Gasteiger partial charge in [-0.2, -0.15) is 0 Å². The highest BCUT2D eigenvalue weighted by molar-refractivity contribution is 5.86. The number of aryl methyl sites for hydroxylation is 1. The first-order valence-corrected chi connectivity index (χ1v) is 7.86. The molecular formula is C19H18N2O2. The number of aliphatic carboxylic acids is 1. The lowest BCUT2D eigenvalue weighted by atomic mass is 9.89. The second-order valence-electron chi connectivity index (χ2n) is 6.22. The third-order valence-corrected chi connectivity index (χ3v) is 4.83. The highest BCUT2D eigenvalue weighted by Crippen LogP contribution is 2.32. The number of fused-ring (bicyclic) bond motifs is 3. The van der Waals surface area contributed by atoms with E-state index in [2.05, 4.69) is 30.1 Å². The van der Waals surface area contributed by atoms with Crippen molar-refractivity contribution in [1.82, 2.24) is 4.98 Å². The zero-order valence-corrected chi connectivity index (χ0v) is 12.9. The normalized spacial score (nSPS) is 20.4. The fourth-order valence-corrected chi connectivity index (χ4v) is 3.68. The largest absolute Gasteiger partial charge is 0.544 e. The van der Waals surface area contributed by atoms with E-state index in [-0.39, 0.29) is 6.04 Å². The summed E-state index contributed by atoms with van der Waals surface area (Å²) in [6.07, 6.45) is 0.490. The molecule has 0 amide bonds. The molecule has 2 atom stereocenters. The monoisotopic (exact) mass is 306 g/mol. The quantitative estimate of drug-likeness (QED) is 0.735. The lowest BCUT2D eigenvalue weighted by molar-refractivity contribution is -0.717. The van der Waals surface area contributed by atoms with Crippen molar-refractivity contribution in [3.05, 3.63) is 70.9 Å². The number of para-hydroxylation sites is 1. The molecule has 1 aromatic heterocycles. The second kappa shape index (κ2) is 5.25. The van der Waals surface area contributed by atoms with Gasteiger partial charge in [-0.15, -0.1) is 0 Å². The molecule has 0 fully saturated rings. The molecule has 0 aliphatic carbocycles. The van der Waals surface area contributed by atoms with E-state index in [9.17, 15) is 9.90 Å². The molecule has 0 saturated carbocycles. The van der Waals surface area contributed by atoms with Gasteiger partial charge in [0.2, 0.25) is 0 Å². The lowest BCUT2D eigenvalue weighted by Crippen LogP contribution is -2.95. The maximum absolute atomic E-state index is 11.5. The summed E-state index contributed by atoms with van der Waals surface area (Å²) in [5.74, 6) is -1.00. The standard InChI is InChI=1S/C19H18N2O2/c1-11-6-2-3-7-12(11)17-18-14(10-16(21-17)19(22)23)13-8-4-5-9-15(13)20-18/h2-9,16-17,20-21H,10H2,1H3,(H,22,23)/t16-,17-/m1/s1. The minimum atomic E-state index is -1.00. The smallest absolute Gasteiger partial charge is 0.153 e. The molecule has 0 radical (unpaired) electrons. The van der Waals surface area contributed by atoms with Crippen molar-refractivity contribution < 1.29 is 15.2 Å². The average Bonchev–Trinajstić information content (AvgIpc) is 2.93. The van der Waals surface area contributed by atoms with E-state index in [1.54, 1.807) is 0 Å². The summed E-state index contributed by atoms with van der Waals surface area (Å²) < 4.78 is 0. The number of benzene rings is 2. The topological polar surface area (TPSA) is 72.5 Å². The Bertz CT molecular complexity index is 897. The highest BCUT2D eigenvalue weighted by atomic mass is 16.4. The number of nitrogens with one attached hydrogen (secondary N) is 1. The van der Waals surface area contributed by atoms with Crippen molar-refractivity contribution in [2.45, 2.75) is 25.4 Å². The number of carboxylic acids is 1. The zero-order chi connectivity index (χ0) is 16.0. The summed E-state index contributed by atoms with van der Waals surface area (Å²) in [4.78, 5) is 15.0. The number of aromatic nitrogens is 1. The Hall–Kier alpha value is -2.59. The molecule has 23 heavy (non-hydrogen) atoms. The van der Waals surface area contributed by atoms with E-state index in [1.807, 2.05) is 35.6 Å². The summed E-state index contributed by atoms with van der Waals surface area (Å²) in [7, 11) is 0. The number of quaternary nitrogens is 1. The van der Waals surface area contributed by atoms with Gasteiger partial charge in [0.25, 0.3) is 0 Å². The van der Waals surface area contributed by atoms with Gasteiger partial charge in [0.15, 0.2) is 6.04 Å². The van der Waals surface area contributed by atoms with Crippen molar-refractivity contribution in [3.63, 3.8) is 0 Å². The minimum Gasteiger partial charge on any atom is -0.544 e. The van der Waals surface area contributed by atoms with E-state index in [1.165, 1.54) is 0 Å². The number of H-pyrrole nitrogens is 1. The number of carboxylic acid groups (broad SMARTS) is 1. The first kappa shape index (κ1) is 14.0. The fraction of sp³-hybridized carbons (Fsp3) is 0.211. The van der Waals surface area contributed by atoms with Gasteiger partial charge >= 0.3 is 0 Å². The molecule has 4 nitrogen and oxygen atoms in total. The Kier molecular flexibility index (Phi) is 3.20. The van der Waals surface area contributed by atoms with Crippen molar-refractivity contribution in [3.8, 4) is 0 Å². The summed E-state index contributed by atoms with van der Waals surface area (Å²) in [5, 5.41) is 14.6. The first-order valence-electron chi connectivity index (χ1n) is 7.86. The summed E-state index contributed by atoms with van der Waals surface area (Å²) in [6, 6.07) is 15.6. The predicted molar refractivity (Wildman–Crippen MR) is 85.7 cm³/mol. The molecule has 3 N–H and O–H groups in total. The maximum atomic E-state index is 11.5. The second-order valence-corrected chi connectivity index (χ2v) is 6.22. The maximum Gasteiger partial charge on any atom is 0.153 e. The van der Waals surface area contributed by atoms with Gasteiger partial charge in [0.05, 0.1) is 11.7 Å². The summed E-state index contributed by atoms with van der Waals surface area (Å²) in [6.45, 7) is 2.06. The Morgan fingerprint density at radius 1 is 1.17 bits per heavy atom. The number of hydrogen-bond acceptors (Lipinski definition) is 2. The molecule has 0 bridgehead atoms. The van der Waals surface area contributed by atoms with Crippen LogP contribution < -0.4 is 10.4 Å². The van der Waals surface area contributed by atoms with Crippen LogP contribution in [0.15, 0.2) is 48.5 Å². The van der Waals surface area contributed by atoms with Crippen LogP contribution in [0.5, 0.6) is 0 Å². The summed E-state index contributed by atoms with van der Waals surface area (Å²) in [5.41, 5.74) is 5.58. The van der Waals surface area contributed by atoms with Crippen LogP contribution in [0.25, 0.3) is 10.9 Å². The van der Waals surface area contributed by atoms with Crippen LogP contribution in [0.1, 0.15) is 28.4 Å². The van der Waals surface area contributed by atoms with Crippen LogP contribution in [-0.4, -0.2) is 17.0 Å². The van der Waals surface area contributed by atoms with E-state index in [4.69, 9.17) is 0 Å². The molecule has 4 heteroatoms. The molecule has 0 saturated heterocycles. The van der Waals surface area contributed by atoms with E-state index in [0.717, 1.165) is 33.3 Å². The zero-order valence-electron chi connectivity index (χ0n) is 12.9. The molecule has 2 aromatic carbocycles. The SMILES string of the molecule is Cc1ccccc1[C@H]1[NH2+][C@@H](C(=O)[O-])Cc2c1[nH]c1ccccc21. The van der Waals surface area contributed by atoms with Crippen LogP contribution in [0.4, 0.5) is 0 Å². The lowest BCUT2D eigenvalue weighted by Gasteiger charge is -2.29. The Labute approximate surface area is 134 Å². The molecule has 2 heterocycles.